The molecule has 0 spiro atoms. The van der Waals surface area contributed by atoms with E-state index in [-0.39, 0.29) is 12.5 Å². The minimum absolute atomic E-state index is 0.0818. The molecule has 0 aliphatic heterocycles. The summed E-state index contributed by atoms with van der Waals surface area (Å²) in [7, 11) is 1.52. The van der Waals surface area contributed by atoms with Crippen LogP contribution in [0.15, 0.2) is 24.3 Å². The smallest absolute Gasteiger partial charge is 0.250 e. The highest BCUT2D eigenvalue weighted by Crippen LogP contribution is 2.30. The molecule has 1 aromatic rings. The Hall–Kier alpha value is -1.55. The van der Waals surface area contributed by atoms with Crippen LogP contribution in [0.4, 0.5) is 11.4 Å². The lowest BCUT2D eigenvalue weighted by atomic mass is 10.1. The van der Waals surface area contributed by atoms with E-state index in [1.54, 1.807) is 0 Å². The number of rotatable bonds is 6. The molecule has 0 bridgehead atoms. The SMILES string of the molecule is CCC1CCC(Nc2cccc(NC(=O)COC)c2)C1. The quantitative estimate of drug-likeness (QED) is 0.838. The second-order valence-corrected chi connectivity index (χ2v) is 5.49. The maximum atomic E-state index is 11.5. The van der Waals surface area contributed by atoms with Crippen molar-refractivity contribution >= 4 is 17.3 Å². The first kappa shape index (κ1) is 14.9. The monoisotopic (exact) mass is 276 g/mol. The van der Waals surface area contributed by atoms with Crippen LogP contribution in [0.1, 0.15) is 32.6 Å². The molecule has 110 valence electrons. The number of carbonyl (C=O) groups excluding carboxylic acids is 1. The average molecular weight is 276 g/mol. The van der Waals surface area contributed by atoms with Gasteiger partial charge < -0.3 is 15.4 Å². The fourth-order valence-electron chi connectivity index (χ4n) is 2.83. The summed E-state index contributed by atoms with van der Waals surface area (Å²) >= 11 is 0. The minimum Gasteiger partial charge on any atom is -0.382 e. The van der Waals surface area contributed by atoms with Gasteiger partial charge >= 0.3 is 0 Å². The Morgan fingerprint density at radius 3 is 2.85 bits per heavy atom. The first-order chi connectivity index (χ1) is 9.71. The Morgan fingerprint density at radius 1 is 1.35 bits per heavy atom. The third-order valence-corrected chi connectivity index (χ3v) is 3.91. The van der Waals surface area contributed by atoms with E-state index in [4.69, 9.17) is 4.74 Å². The number of benzene rings is 1. The summed E-state index contributed by atoms with van der Waals surface area (Å²) in [6.45, 7) is 2.34. The van der Waals surface area contributed by atoms with E-state index >= 15 is 0 Å². The number of carbonyl (C=O) groups is 1. The number of nitrogens with one attached hydrogen (secondary N) is 2. The van der Waals surface area contributed by atoms with Crippen LogP contribution >= 0.6 is 0 Å². The molecule has 20 heavy (non-hydrogen) atoms. The molecule has 0 aromatic heterocycles. The lowest BCUT2D eigenvalue weighted by molar-refractivity contribution is -0.119. The molecule has 2 unspecified atom stereocenters. The van der Waals surface area contributed by atoms with Crippen LogP contribution in [0.3, 0.4) is 0 Å². The van der Waals surface area contributed by atoms with Gasteiger partial charge in [-0.3, -0.25) is 4.79 Å². The Morgan fingerprint density at radius 2 is 2.15 bits per heavy atom. The molecular weight excluding hydrogens is 252 g/mol. The molecule has 2 rings (SSSR count). The Kier molecular flexibility index (Phi) is 5.41. The maximum Gasteiger partial charge on any atom is 0.250 e. The predicted molar refractivity (Wildman–Crippen MR) is 82.0 cm³/mol. The Balaban J connectivity index is 1.91. The first-order valence-corrected chi connectivity index (χ1v) is 7.36. The molecule has 1 fully saturated rings. The van der Waals surface area contributed by atoms with Crippen molar-refractivity contribution in [1.29, 1.82) is 0 Å². The van der Waals surface area contributed by atoms with Gasteiger partial charge in [-0.1, -0.05) is 19.4 Å². The summed E-state index contributed by atoms with van der Waals surface area (Å²) in [5, 5.41) is 6.39. The van der Waals surface area contributed by atoms with E-state index in [1.165, 1.54) is 32.8 Å². The van der Waals surface area contributed by atoms with Crippen LogP contribution in [0, 0.1) is 5.92 Å². The largest absolute Gasteiger partial charge is 0.382 e. The van der Waals surface area contributed by atoms with Gasteiger partial charge in [0.15, 0.2) is 0 Å². The number of anilines is 2. The summed E-state index contributed by atoms with van der Waals surface area (Å²) in [5.74, 6) is 0.730. The van der Waals surface area contributed by atoms with Crippen molar-refractivity contribution < 1.29 is 9.53 Å². The maximum absolute atomic E-state index is 11.5. The van der Waals surface area contributed by atoms with Crippen LogP contribution in [-0.4, -0.2) is 25.7 Å². The highest BCUT2D eigenvalue weighted by atomic mass is 16.5. The van der Waals surface area contributed by atoms with Crippen LogP contribution < -0.4 is 10.6 Å². The average Bonchev–Trinajstić information content (AvgIpc) is 2.87. The second-order valence-electron chi connectivity index (χ2n) is 5.49. The Labute approximate surface area is 120 Å². The van der Waals surface area contributed by atoms with E-state index in [0.29, 0.717) is 6.04 Å². The summed E-state index contributed by atoms with van der Waals surface area (Å²) in [5.41, 5.74) is 1.88. The molecule has 1 amide bonds. The summed E-state index contributed by atoms with van der Waals surface area (Å²) < 4.78 is 4.81. The van der Waals surface area contributed by atoms with Gasteiger partial charge in [0.25, 0.3) is 0 Å². The van der Waals surface area contributed by atoms with Crippen molar-refractivity contribution in [2.24, 2.45) is 5.92 Å². The van der Waals surface area contributed by atoms with Crippen molar-refractivity contribution in [1.82, 2.24) is 0 Å². The number of methoxy groups -OCH3 is 1. The molecular formula is C16H24N2O2. The molecule has 0 heterocycles. The zero-order valence-electron chi connectivity index (χ0n) is 12.3. The second kappa shape index (κ2) is 7.29. The summed E-state index contributed by atoms with van der Waals surface area (Å²) in [6.07, 6.45) is 5.07. The van der Waals surface area contributed by atoms with Gasteiger partial charge in [-0.15, -0.1) is 0 Å². The molecule has 2 N–H and O–H groups in total. The molecule has 1 aliphatic rings. The Bertz CT molecular complexity index is 448. The first-order valence-electron chi connectivity index (χ1n) is 7.36. The lowest BCUT2D eigenvalue weighted by Gasteiger charge is -2.15. The summed E-state index contributed by atoms with van der Waals surface area (Å²) in [4.78, 5) is 11.5. The summed E-state index contributed by atoms with van der Waals surface area (Å²) in [6, 6.07) is 8.43. The van der Waals surface area contributed by atoms with Gasteiger partial charge in [-0.05, 0) is 43.4 Å². The standard InChI is InChI=1S/C16H24N2O2/c1-3-12-7-8-15(9-12)17-13-5-4-6-14(10-13)18-16(19)11-20-2/h4-6,10,12,15,17H,3,7-9,11H2,1-2H3,(H,18,19). The minimum atomic E-state index is -0.128. The van der Waals surface area contributed by atoms with E-state index in [9.17, 15) is 4.79 Å². The molecule has 0 radical (unpaired) electrons. The van der Waals surface area contributed by atoms with E-state index in [0.717, 1.165) is 17.3 Å². The van der Waals surface area contributed by atoms with Gasteiger partial charge in [-0.25, -0.2) is 0 Å². The van der Waals surface area contributed by atoms with Gasteiger partial charge in [0.2, 0.25) is 5.91 Å². The number of ether oxygens (including phenoxy) is 1. The molecule has 0 saturated heterocycles. The molecule has 1 saturated carbocycles. The van der Waals surface area contributed by atoms with Crippen molar-refractivity contribution in [2.45, 2.75) is 38.6 Å². The number of amides is 1. The van der Waals surface area contributed by atoms with E-state index in [1.807, 2.05) is 24.3 Å². The zero-order chi connectivity index (χ0) is 14.4. The molecule has 4 heteroatoms. The predicted octanol–water partition coefficient (Wildman–Crippen LogP) is 3.26. The molecule has 2 atom stereocenters. The molecule has 1 aromatic carbocycles. The van der Waals surface area contributed by atoms with Crippen LogP contribution in [0.2, 0.25) is 0 Å². The molecule has 4 nitrogen and oxygen atoms in total. The van der Waals surface area contributed by atoms with E-state index in [2.05, 4.69) is 17.6 Å². The van der Waals surface area contributed by atoms with Gasteiger partial charge in [0, 0.05) is 24.5 Å². The van der Waals surface area contributed by atoms with E-state index < -0.39 is 0 Å². The number of hydrogen-bond donors (Lipinski definition) is 2. The van der Waals surface area contributed by atoms with Crippen molar-refractivity contribution in [3.8, 4) is 0 Å². The normalized spacial score (nSPS) is 21.7. The van der Waals surface area contributed by atoms with Crippen LogP contribution in [0.25, 0.3) is 0 Å². The topological polar surface area (TPSA) is 50.4 Å². The van der Waals surface area contributed by atoms with Crippen LogP contribution in [0.5, 0.6) is 0 Å². The van der Waals surface area contributed by atoms with Gasteiger partial charge in [-0.2, -0.15) is 0 Å². The van der Waals surface area contributed by atoms with Crippen molar-refractivity contribution in [3.63, 3.8) is 0 Å². The van der Waals surface area contributed by atoms with Crippen molar-refractivity contribution in [2.75, 3.05) is 24.4 Å². The fourth-order valence-corrected chi connectivity index (χ4v) is 2.83. The van der Waals surface area contributed by atoms with Gasteiger partial charge in [0.05, 0.1) is 0 Å². The molecule has 1 aliphatic carbocycles. The lowest BCUT2D eigenvalue weighted by Crippen LogP contribution is -2.18. The fraction of sp³-hybridized carbons (Fsp3) is 0.562. The zero-order valence-corrected chi connectivity index (χ0v) is 12.3. The van der Waals surface area contributed by atoms with Crippen molar-refractivity contribution in [3.05, 3.63) is 24.3 Å². The highest BCUT2D eigenvalue weighted by molar-refractivity contribution is 5.92. The van der Waals surface area contributed by atoms with Gasteiger partial charge in [0.1, 0.15) is 6.61 Å². The van der Waals surface area contributed by atoms with Crippen LogP contribution in [-0.2, 0) is 9.53 Å². The highest BCUT2D eigenvalue weighted by Gasteiger charge is 2.22. The third-order valence-electron chi connectivity index (χ3n) is 3.91. The number of hydrogen-bond acceptors (Lipinski definition) is 3. The third kappa shape index (κ3) is 4.23.